The second-order valence-electron chi connectivity index (χ2n) is 0.937. The zero-order valence-corrected chi connectivity index (χ0v) is 11.3. The molecule has 0 unspecified atom stereocenters. The van der Waals surface area contributed by atoms with Gasteiger partial charge in [-0.05, 0) is 0 Å². The number of hydrogen-bond acceptors (Lipinski definition) is 6. The van der Waals surface area contributed by atoms with Crippen molar-refractivity contribution in [2.45, 2.75) is 0 Å². The Labute approximate surface area is 106 Å². The summed E-state index contributed by atoms with van der Waals surface area (Å²) in [5, 5.41) is 0. The summed E-state index contributed by atoms with van der Waals surface area (Å²) in [5.41, 5.74) is 0. The van der Waals surface area contributed by atoms with E-state index in [4.69, 9.17) is 38.5 Å². The van der Waals surface area contributed by atoms with Crippen molar-refractivity contribution in [1.29, 1.82) is 0 Å². The van der Waals surface area contributed by atoms with Crippen molar-refractivity contribution in [1.82, 2.24) is 0 Å². The summed E-state index contributed by atoms with van der Waals surface area (Å²) < 4.78 is 17.3. The van der Waals surface area contributed by atoms with Crippen LogP contribution in [-0.2, 0) is 9.13 Å². The third kappa shape index (κ3) is 641. The molecule has 13 heteroatoms. The van der Waals surface area contributed by atoms with Gasteiger partial charge in [0.25, 0.3) is 0 Å². The number of hydrogen-bond donors (Lipinski definition) is 2. The molecule has 0 fully saturated rings. The minimum Gasteiger partial charge on any atom is -0.790 e. The summed E-state index contributed by atoms with van der Waals surface area (Å²) in [4.78, 5) is 48.6. The summed E-state index contributed by atoms with van der Waals surface area (Å²) in [7, 11) is -10.3. The van der Waals surface area contributed by atoms with E-state index in [0.717, 1.165) is 0 Å². The van der Waals surface area contributed by atoms with Gasteiger partial charge in [0.05, 0.1) is 15.6 Å². The molecule has 0 saturated heterocycles. The van der Waals surface area contributed by atoms with Crippen LogP contribution in [0.4, 0.5) is 0 Å². The molecule has 72 valence electrons. The second-order valence-corrected chi connectivity index (χ2v) is 2.81. The monoisotopic (exact) mass is 260 g/mol. The van der Waals surface area contributed by atoms with Crippen LogP contribution in [0.3, 0.4) is 0 Å². The molecule has 0 rings (SSSR count). The average molecular weight is 260 g/mol. The second kappa shape index (κ2) is 11.8. The van der Waals surface area contributed by atoms with Crippen molar-refractivity contribution in [3.8, 4) is 0 Å². The molecule has 0 bridgehead atoms. The molecule has 0 amide bonds. The molecule has 4 N–H and O–H groups in total. The summed E-state index contributed by atoms with van der Waals surface area (Å²) in [6, 6.07) is 0. The van der Waals surface area contributed by atoms with Gasteiger partial charge in [-0.1, -0.05) is 0 Å². The molecule has 0 aliphatic carbocycles. The van der Waals surface area contributed by atoms with Crippen LogP contribution in [0, 0.1) is 0 Å². The molecule has 0 saturated carbocycles. The molecule has 0 aromatic heterocycles. The van der Waals surface area contributed by atoms with Crippen LogP contribution in [0.15, 0.2) is 0 Å². The van der Waals surface area contributed by atoms with Gasteiger partial charge in [-0.3, -0.25) is 0 Å². The summed E-state index contributed by atoms with van der Waals surface area (Å²) in [6.45, 7) is 0. The predicted octanol–water partition coefficient (Wildman–Crippen LogP) is -8.59. The first kappa shape index (κ1) is 29.3. The molecule has 0 heterocycles. The Morgan fingerprint density at radius 3 is 0.846 bits per heavy atom. The molecule has 9 nitrogen and oxygen atoms in total. The zero-order chi connectivity index (χ0) is 9.00. The Morgan fingerprint density at radius 2 is 0.846 bits per heavy atom. The fourth-order valence-corrected chi connectivity index (χ4v) is 0. The predicted molar refractivity (Wildman–Crippen MR) is 29.0 cm³/mol. The Bertz CT molecular complexity index is 130. The minimum absolute atomic E-state index is 0. The van der Waals surface area contributed by atoms with Gasteiger partial charge in [0.1, 0.15) is 0 Å². The molecular formula is H4AlNaO9P2. The molecular weight excluding hydrogens is 256 g/mol. The summed E-state index contributed by atoms with van der Waals surface area (Å²) in [6.07, 6.45) is 0. The fraction of sp³-hybridized carbons (Fsp3) is 0. The van der Waals surface area contributed by atoms with Crippen LogP contribution in [0.2, 0.25) is 0 Å². The largest absolute Gasteiger partial charge is 3.00 e. The summed E-state index contributed by atoms with van der Waals surface area (Å²) in [5.74, 6) is 0. The quantitative estimate of drug-likeness (QED) is 0.315. The van der Waals surface area contributed by atoms with E-state index in [-0.39, 0.29) is 52.4 Å². The van der Waals surface area contributed by atoms with Gasteiger partial charge in [-0.2, -0.15) is 0 Å². The van der Waals surface area contributed by atoms with Gasteiger partial charge >= 0.3 is 46.9 Å². The van der Waals surface area contributed by atoms with E-state index in [1.807, 2.05) is 0 Å². The van der Waals surface area contributed by atoms with Gasteiger partial charge in [0.15, 0.2) is 0 Å². The van der Waals surface area contributed by atoms with Gasteiger partial charge in [-0.15, -0.1) is 0 Å². The average Bonchev–Trinajstić information content (AvgIpc) is 1.12. The van der Waals surface area contributed by atoms with Gasteiger partial charge in [0.2, 0.25) is 0 Å². The van der Waals surface area contributed by atoms with E-state index in [0.29, 0.717) is 0 Å². The van der Waals surface area contributed by atoms with Crippen LogP contribution < -0.4 is 49.1 Å². The standard InChI is InChI=1S/Al.Na.2H3O4P.H2O/c;;2*1-5(2,3)4;/h;;2*(H3,1,2,3,4);1H2/q+3;+1;;;/p-4. The van der Waals surface area contributed by atoms with Crippen molar-refractivity contribution in [3.05, 3.63) is 0 Å². The van der Waals surface area contributed by atoms with Gasteiger partial charge < -0.3 is 44.0 Å². The fourth-order valence-electron chi connectivity index (χ4n) is 0. The molecule has 0 aromatic carbocycles. The Balaban J connectivity index is -0.0000000267. The van der Waals surface area contributed by atoms with Gasteiger partial charge in [0, 0.05) is 0 Å². The summed E-state index contributed by atoms with van der Waals surface area (Å²) >= 11 is 0. The topological polar surface area (TPSA) is 198 Å². The number of rotatable bonds is 0. The Kier molecular flexibility index (Phi) is 26.6. The Hall–Kier alpha value is 1.71. The third-order valence-electron chi connectivity index (χ3n) is 0. The van der Waals surface area contributed by atoms with Crippen LogP contribution in [0.1, 0.15) is 0 Å². The molecule has 0 aliphatic rings. The Morgan fingerprint density at radius 1 is 0.846 bits per heavy atom. The van der Waals surface area contributed by atoms with Crippen molar-refractivity contribution in [2.24, 2.45) is 0 Å². The molecule has 0 aromatic rings. The van der Waals surface area contributed by atoms with Crippen molar-refractivity contribution < 1.29 is 73.5 Å². The first-order chi connectivity index (χ1) is 4.00. The van der Waals surface area contributed by atoms with E-state index in [9.17, 15) is 0 Å². The third-order valence-corrected chi connectivity index (χ3v) is 0. The van der Waals surface area contributed by atoms with Crippen LogP contribution in [-0.4, -0.2) is 32.6 Å². The molecule has 0 aliphatic heterocycles. The maximum absolute atomic E-state index is 8.66. The molecule has 13 heavy (non-hydrogen) atoms. The molecule has 0 atom stereocenters. The van der Waals surface area contributed by atoms with E-state index in [2.05, 4.69) is 0 Å². The van der Waals surface area contributed by atoms with Gasteiger partial charge in [-0.25, -0.2) is 0 Å². The maximum atomic E-state index is 8.66. The zero-order valence-electron chi connectivity index (χ0n) is 6.32. The normalized spacial score (nSPS) is 9.08. The molecule has 0 radical (unpaired) electrons. The molecule has 0 spiro atoms. The minimum atomic E-state index is -5.14. The van der Waals surface area contributed by atoms with Crippen molar-refractivity contribution in [3.63, 3.8) is 0 Å². The number of phosphoric acid groups is 2. The van der Waals surface area contributed by atoms with Crippen LogP contribution in [0.5, 0.6) is 0 Å². The van der Waals surface area contributed by atoms with Crippen molar-refractivity contribution in [2.75, 3.05) is 0 Å². The SMILES string of the molecule is O.O=P([O-])([O-])O.O=P([O-])([O-])O.[Al+3].[Na+]. The first-order valence-electron chi connectivity index (χ1n) is 1.50. The van der Waals surface area contributed by atoms with Crippen molar-refractivity contribution >= 4 is 33.0 Å². The van der Waals surface area contributed by atoms with E-state index in [1.54, 1.807) is 0 Å². The van der Waals surface area contributed by atoms with E-state index >= 15 is 0 Å². The van der Waals surface area contributed by atoms with E-state index in [1.165, 1.54) is 0 Å². The van der Waals surface area contributed by atoms with Crippen LogP contribution in [0.25, 0.3) is 0 Å². The maximum Gasteiger partial charge on any atom is 3.00 e. The first-order valence-corrected chi connectivity index (χ1v) is 4.49. The van der Waals surface area contributed by atoms with Crippen LogP contribution >= 0.6 is 15.6 Å². The van der Waals surface area contributed by atoms with E-state index < -0.39 is 15.6 Å². The smallest absolute Gasteiger partial charge is 0.790 e.